The van der Waals surface area contributed by atoms with Crippen molar-refractivity contribution in [1.29, 1.82) is 0 Å². The molecule has 5 nitrogen and oxygen atoms in total. The van der Waals surface area contributed by atoms with Crippen molar-refractivity contribution in [2.45, 2.75) is 0 Å². The average molecular weight is 374 g/mol. The van der Waals surface area contributed by atoms with E-state index in [1.54, 1.807) is 0 Å². The van der Waals surface area contributed by atoms with Gasteiger partial charge in [-0.15, -0.1) is 0 Å². The van der Waals surface area contributed by atoms with Crippen LogP contribution in [0.3, 0.4) is 0 Å². The molecule has 0 aliphatic rings. The van der Waals surface area contributed by atoms with E-state index in [1.807, 2.05) is 0 Å². The molecule has 0 aliphatic carbocycles. The number of hydrogen-bond acceptors (Lipinski definition) is 0. The zero-order chi connectivity index (χ0) is 12.7. The van der Waals surface area contributed by atoms with Crippen LogP contribution in [0.4, 0.5) is 4.20 Å². The zero-order valence-corrected chi connectivity index (χ0v) is 9.60. The molecule has 0 amide bonds. The van der Waals surface area contributed by atoms with E-state index >= 15 is 0 Å². The molecule has 0 saturated carbocycles. The molecule has 0 N–H and O–H groups in total. The van der Waals surface area contributed by atoms with Gasteiger partial charge in [0.2, 0.25) is 0 Å². The Balaban J connectivity index is -0.0000000115. The summed E-state index contributed by atoms with van der Waals surface area (Å²) in [6.45, 7) is 22.5. The van der Waals surface area contributed by atoms with Crippen molar-refractivity contribution in [3.8, 4) is 0 Å². The zero-order valence-electron chi connectivity index (χ0n) is 5.77. The molecular weight excluding hydrogens is 374 g/mol. The van der Waals surface area contributed by atoms with Crippen molar-refractivity contribution in [3.05, 3.63) is 33.3 Å². The van der Waals surface area contributed by atoms with Crippen LogP contribution in [0.2, 0.25) is 0 Å². The van der Waals surface area contributed by atoms with Gasteiger partial charge in [-0.25, -0.2) is 0 Å². The standard InChI is InChI=1S/5CO.FP.W/c6*1-2;. The fourth-order valence-electron chi connectivity index (χ4n) is 0. The van der Waals surface area contributed by atoms with Crippen LogP contribution in [-0.2, 0) is 42.1 Å². The van der Waals surface area contributed by atoms with Gasteiger partial charge in [-0.05, 0) is 0 Å². The molecule has 0 spiro atoms. The number of rotatable bonds is 0. The van der Waals surface area contributed by atoms with Crippen LogP contribution >= 0.6 is 6.53 Å². The van der Waals surface area contributed by atoms with E-state index in [2.05, 4.69) is 33.3 Å². The van der Waals surface area contributed by atoms with Gasteiger partial charge in [0.25, 0.3) is 0 Å². The van der Waals surface area contributed by atoms with E-state index in [-0.39, 0.29) is 6.53 Å². The Morgan fingerprint density at radius 1 is 0.692 bits per heavy atom. The summed E-state index contributed by atoms with van der Waals surface area (Å²) in [5, 5.41) is 0. The Hall–Kier alpha value is -0.382. The molecule has 0 aromatic heterocycles. The summed E-state index contributed by atoms with van der Waals surface area (Å²) >= 11 is 0.977. The fraction of sp³-hybridized carbons (Fsp3) is 0. The van der Waals surface area contributed by atoms with Crippen molar-refractivity contribution in [2.24, 2.45) is 0 Å². The second-order valence-corrected chi connectivity index (χ2v) is 1.69. The first kappa shape index (κ1) is 38.9. The topological polar surface area (TPSA) is 99.5 Å². The van der Waals surface area contributed by atoms with Crippen LogP contribution in [0.5, 0.6) is 0 Å². The van der Waals surface area contributed by atoms with E-state index in [9.17, 15) is 4.20 Å². The van der Waals surface area contributed by atoms with Gasteiger partial charge in [0.05, 0.1) is 0 Å². The molecule has 0 fully saturated rings. The van der Waals surface area contributed by atoms with Crippen LogP contribution in [-0.4, -0.2) is 0 Å². The van der Waals surface area contributed by atoms with Crippen LogP contribution in [0, 0.1) is 33.3 Å². The summed E-state index contributed by atoms with van der Waals surface area (Å²) in [4.78, 5) is 0. The Bertz CT molecular complexity index is 114. The van der Waals surface area contributed by atoms with Crippen molar-refractivity contribution >= 4 is 6.53 Å². The first-order valence-electron chi connectivity index (χ1n) is 1.37. The van der Waals surface area contributed by atoms with Gasteiger partial charge in [-0.2, -0.15) is 0 Å². The van der Waals surface area contributed by atoms with Crippen molar-refractivity contribution in [1.82, 2.24) is 0 Å². The minimum atomic E-state index is 0. The fourth-order valence-corrected chi connectivity index (χ4v) is 0. The van der Waals surface area contributed by atoms with Gasteiger partial charge < -0.3 is 0 Å². The van der Waals surface area contributed by atoms with Gasteiger partial charge in [0.1, 0.15) is 0 Å². The minimum absolute atomic E-state index is 0. The predicted molar refractivity (Wildman–Crippen MR) is 27.7 cm³/mol. The third kappa shape index (κ3) is 7380. The maximum atomic E-state index is 10.3. The molecule has 13 heavy (non-hydrogen) atoms. The average Bonchev–Trinajstić information content (AvgIpc) is 2.32. The molecule has 0 atom stereocenters. The molecule has 0 rings (SSSR count). The first-order valence-corrected chi connectivity index (χ1v) is 6.01. The van der Waals surface area contributed by atoms with E-state index in [1.165, 1.54) is 0 Å². The molecule has 0 unspecified atom stereocenters. The molecule has 0 bridgehead atoms. The molecule has 0 aliphatic heterocycles. The monoisotopic (exact) mass is 374 g/mol. The van der Waals surface area contributed by atoms with Gasteiger partial charge in [-0.1, -0.05) is 0 Å². The molecule has 0 heterocycles. The summed E-state index contributed by atoms with van der Waals surface area (Å²) in [5.74, 6) is 0. The second-order valence-electron chi connectivity index (χ2n) is 0.0690. The van der Waals surface area contributed by atoms with Gasteiger partial charge >= 0.3 is 86.0 Å². The quantitative estimate of drug-likeness (QED) is 0.345. The summed E-state index contributed by atoms with van der Waals surface area (Å²) in [7, 11) is 0. The molecular formula is C5FO5PW. The Morgan fingerprint density at radius 3 is 0.692 bits per heavy atom. The molecule has 68 valence electrons. The summed E-state index contributed by atoms with van der Waals surface area (Å²) in [5.41, 5.74) is 0. The van der Waals surface area contributed by atoms with Crippen molar-refractivity contribution < 1.29 is 46.3 Å². The van der Waals surface area contributed by atoms with E-state index in [4.69, 9.17) is 23.3 Å². The van der Waals surface area contributed by atoms with Crippen LogP contribution in [0.1, 0.15) is 0 Å². The summed E-state index contributed by atoms with van der Waals surface area (Å²) in [6.07, 6.45) is 0. The third-order valence-electron chi connectivity index (χ3n) is 0. The molecule has 0 radical (unpaired) electrons. The van der Waals surface area contributed by atoms with Gasteiger partial charge in [0, 0.05) is 0 Å². The van der Waals surface area contributed by atoms with Crippen molar-refractivity contribution in [3.63, 3.8) is 0 Å². The Morgan fingerprint density at radius 2 is 0.692 bits per heavy atom. The predicted octanol–water partition coefficient (Wildman–Crippen LogP) is 1.09. The van der Waals surface area contributed by atoms with Crippen LogP contribution in [0.15, 0.2) is 0 Å². The molecule has 0 aromatic rings. The van der Waals surface area contributed by atoms with Crippen LogP contribution in [0.25, 0.3) is 0 Å². The van der Waals surface area contributed by atoms with Gasteiger partial charge in [0.15, 0.2) is 0 Å². The Kier molecular flexibility index (Phi) is 10200. The maximum absolute atomic E-state index is 10.3. The number of halogens is 1. The van der Waals surface area contributed by atoms with Crippen molar-refractivity contribution in [2.75, 3.05) is 0 Å². The molecule has 0 saturated heterocycles. The van der Waals surface area contributed by atoms with E-state index in [0.717, 1.165) is 18.8 Å². The first-order chi connectivity index (χ1) is 6.41. The van der Waals surface area contributed by atoms with Gasteiger partial charge in [-0.3, -0.25) is 0 Å². The Labute approximate surface area is 86.4 Å². The second kappa shape index (κ2) is 3430. The summed E-state index contributed by atoms with van der Waals surface area (Å²) in [6, 6.07) is 0. The van der Waals surface area contributed by atoms with E-state index < -0.39 is 0 Å². The summed E-state index contributed by atoms with van der Waals surface area (Å²) < 4.78 is 47.8. The van der Waals surface area contributed by atoms with E-state index in [0.29, 0.717) is 0 Å². The molecule has 0 aromatic carbocycles. The molecule has 8 heteroatoms. The normalized spacial score (nSPS) is 2.38. The third-order valence-corrected chi connectivity index (χ3v) is 0. The SMILES string of the molecule is F[P]=[W].[C-]#[O+].[C-]#[O+].[C-]#[O+].[C-]#[O+].[C-]#[O+]. The number of hydrogen-bond donors (Lipinski definition) is 0. The van der Waals surface area contributed by atoms with Crippen LogP contribution < -0.4 is 0 Å².